The maximum Gasteiger partial charge on any atom is 0.387 e. The number of anilines is 1. The Hall–Kier alpha value is -4.19. The van der Waals surface area contributed by atoms with Crippen LogP contribution in [-0.4, -0.2) is 86.2 Å². The summed E-state index contributed by atoms with van der Waals surface area (Å²) in [6.07, 6.45) is 5.51. The van der Waals surface area contributed by atoms with Crippen molar-refractivity contribution in [2.45, 2.75) is 67.2 Å². The number of sulfonamides is 1. The monoisotopic (exact) mass is 917 g/mol. The number of aromatic amines is 1. The number of halogens is 4. The predicted octanol–water partition coefficient (Wildman–Crippen LogP) is 7.58. The summed E-state index contributed by atoms with van der Waals surface area (Å²) in [5.41, 5.74) is 1.81. The van der Waals surface area contributed by atoms with Crippen molar-refractivity contribution in [3.05, 3.63) is 112 Å². The lowest BCUT2D eigenvalue weighted by Gasteiger charge is -2.44. The molecule has 324 valence electrons. The van der Waals surface area contributed by atoms with E-state index in [4.69, 9.17) is 42.1 Å². The Morgan fingerprint density at radius 3 is 2.34 bits per heavy atom. The first-order chi connectivity index (χ1) is 29.4. The van der Waals surface area contributed by atoms with Gasteiger partial charge in [0.25, 0.3) is 0 Å². The van der Waals surface area contributed by atoms with Crippen molar-refractivity contribution in [1.29, 1.82) is 0 Å². The molecule has 4 atom stereocenters. The Balaban J connectivity index is 1.03. The second-order valence-electron chi connectivity index (χ2n) is 15.6. The lowest BCUT2D eigenvalue weighted by Crippen LogP contribution is -2.52. The van der Waals surface area contributed by atoms with Gasteiger partial charge in [-0.2, -0.15) is 13.1 Å². The molecule has 4 aromatic rings. The van der Waals surface area contributed by atoms with Gasteiger partial charge in [-0.05, 0) is 92.1 Å². The molecular weight excluding hydrogens is 874 g/mol. The van der Waals surface area contributed by atoms with E-state index in [1.807, 2.05) is 30.3 Å². The van der Waals surface area contributed by atoms with Crippen LogP contribution >= 0.6 is 35.0 Å². The standard InChI is InChI=1S/C43H44Cl2F2N4O8S2/c44-33-22-48-23-34(45)32(33)21-36(29-11-12-35(59-43(46)47)37(19-29)56-25-26-9-10-26)57-42(53)40-51(17-18-60-40)61(54,55)31-8-4-7-30(20-31)49-39(28-5-2-1-3-6-28)41(52)58-38-24-50-15-13-27(38)14-16-50/h1-8,11-12,19-20,22-23,26-27,36,38-40,43,49H,9-10,13-18,21,24-25H2/p+1/t36-,38-,39?,40-/m0/s1. The summed E-state index contributed by atoms with van der Waals surface area (Å²) in [7, 11) is -4.31. The number of thioether (sulfide) groups is 1. The topological polar surface area (TPSA) is 138 Å². The molecule has 1 saturated carbocycles. The van der Waals surface area contributed by atoms with E-state index in [9.17, 15) is 26.8 Å². The van der Waals surface area contributed by atoms with Gasteiger partial charge in [0.15, 0.2) is 35.3 Å². The SMILES string of the molecule is O=C(O[C@H]1CN2CCC1CC2)C(Nc1cccc(S(=O)(=O)N2CCS[C@H]2C(=O)O[C@@H](Cc2c(Cl)c[nH+]cc2Cl)c2ccc(OC(F)F)c(OCC3CC3)c2)c1)c1ccccc1. The third kappa shape index (κ3) is 10.4. The Morgan fingerprint density at radius 1 is 0.902 bits per heavy atom. The molecule has 1 aromatic heterocycles. The van der Waals surface area contributed by atoms with E-state index in [1.165, 1.54) is 42.7 Å². The number of nitrogens with zero attached hydrogens (tertiary/aromatic N) is 2. The van der Waals surface area contributed by atoms with Gasteiger partial charge in [-0.3, -0.25) is 4.90 Å². The molecule has 5 aliphatic rings. The van der Waals surface area contributed by atoms with Crippen molar-refractivity contribution in [2.24, 2.45) is 11.8 Å². The zero-order valence-corrected chi connectivity index (χ0v) is 36.0. The quantitative estimate of drug-likeness (QED) is 0.105. The van der Waals surface area contributed by atoms with Crippen LogP contribution in [0.2, 0.25) is 10.0 Å². The van der Waals surface area contributed by atoms with Gasteiger partial charge in [0.1, 0.15) is 22.3 Å². The minimum atomic E-state index is -4.31. The van der Waals surface area contributed by atoms with Crippen LogP contribution in [0.15, 0.2) is 90.1 Å². The molecule has 4 aliphatic heterocycles. The fraction of sp³-hybridized carbons (Fsp3) is 0.419. The van der Waals surface area contributed by atoms with Gasteiger partial charge in [-0.25, -0.2) is 23.0 Å². The minimum absolute atomic E-state index is 0.0125. The number of pyridine rings is 1. The van der Waals surface area contributed by atoms with E-state index in [0.717, 1.165) is 54.8 Å². The maximum absolute atomic E-state index is 14.4. The Bertz CT molecular complexity index is 2300. The largest absolute Gasteiger partial charge is 0.489 e. The Kier molecular flexibility index (Phi) is 13.6. The maximum atomic E-state index is 14.4. The fourth-order valence-electron chi connectivity index (χ4n) is 7.93. The highest BCUT2D eigenvalue weighted by molar-refractivity contribution is 8.02. The molecule has 12 nitrogen and oxygen atoms in total. The summed E-state index contributed by atoms with van der Waals surface area (Å²) in [6, 6.07) is 18.6. The van der Waals surface area contributed by atoms with Gasteiger partial charge in [0.2, 0.25) is 10.0 Å². The summed E-state index contributed by atoms with van der Waals surface area (Å²) in [6.45, 7) is -0.119. The lowest BCUT2D eigenvalue weighted by molar-refractivity contribution is -0.377. The number of aromatic nitrogens is 1. The molecule has 1 unspecified atom stereocenters. The summed E-state index contributed by atoms with van der Waals surface area (Å²) in [5.74, 6) is -0.561. The first-order valence-corrected chi connectivity index (χ1v) is 23.4. The lowest BCUT2D eigenvalue weighted by atomic mass is 9.86. The molecule has 61 heavy (non-hydrogen) atoms. The number of nitrogens with one attached hydrogen (secondary N) is 2. The van der Waals surface area contributed by atoms with Crippen LogP contribution in [0.5, 0.6) is 11.5 Å². The number of esters is 2. The number of rotatable bonds is 17. The second kappa shape index (κ2) is 19.1. The highest BCUT2D eigenvalue weighted by Crippen LogP contribution is 2.40. The Labute approximate surface area is 367 Å². The van der Waals surface area contributed by atoms with E-state index in [-0.39, 0.29) is 45.5 Å². The van der Waals surface area contributed by atoms with Crippen molar-refractivity contribution >= 4 is 62.6 Å². The molecule has 4 saturated heterocycles. The number of carbonyl (C=O) groups is 2. The average molecular weight is 919 g/mol. The molecule has 3 aromatic carbocycles. The average Bonchev–Trinajstić information content (AvgIpc) is 3.95. The van der Waals surface area contributed by atoms with Gasteiger partial charge >= 0.3 is 18.6 Å². The number of piperidine rings is 3. The molecule has 0 radical (unpaired) electrons. The fourth-order valence-corrected chi connectivity index (χ4v) is 11.6. The molecule has 9 rings (SSSR count). The number of carbonyl (C=O) groups excluding carboxylic acids is 2. The molecule has 5 fully saturated rings. The first kappa shape index (κ1) is 43.5. The van der Waals surface area contributed by atoms with E-state index in [2.05, 4.69) is 15.2 Å². The van der Waals surface area contributed by atoms with Crippen LogP contribution in [0, 0.1) is 11.8 Å². The van der Waals surface area contributed by atoms with E-state index in [1.54, 1.807) is 12.1 Å². The molecule has 1 aliphatic carbocycles. The highest BCUT2D eigenvalue weighted by atomic mass is 35.5. The van der Waals surface area contributed by atoms with E-state index >= 15 is 0 Å². The minimum Gasteiger partial charge on any atom is -0.489 e. The van der Waals surface area contributed by atoms with E-state index < -0.39 is 46.1 Å². The number of alkyl halides is 2. The summed E-state index contributed by atoms with van der Waals surface area (Å²) in [5, 5.41) is 2.46. The van der Waals surface area contributed by atoms with E-state index in [0.29, 0.717) is 53.1 Å². The molecule has 5 heterocycles. The molecule has 2 N–H and O–H groups in total. The zero-order chi connectivity index (χ0) is 42.7. The normalized spacial score (nSPS) is 22.4. The van der Waals surface area contributed by atoms with Crippen molar-refractivity contribution < 1.29 is 50.7 Å². The molecule has 18 heteroatoms. The number of ether oxygens (including phenoxy) is 4. The Morgan fingerprint density at radius 2 is 1.66 bits per heavy atom. The number of fused-ring (bicyclic) bond motifs is 3. The second-order valence-corrected chi connectivity index (χ2v) is 19.5. The van der Waals surface area contributed by atoms with Crippen molar-refractivity contribution in [3.8, 4) is 11.5 Å². The number of hydrogen-bond acceptors (Lipinski definition) is 11. The molecule has 2 bridgehead atoms. The predicted molar refractivity (Wildman–Crippen MR) is 225 cm³/mol. The van der Waals surface area contributed by atoms with Crippen LogP contribution in [0.3, 0.4) is 0 Å². The summed E-state index contributed by atoms with van der Waals surface area (Å²) in [4.78, 5) is 33.1. The van der Waals surface area contributed by atoms with Crippen molar-refractivity contribution in [3.63, 3.8) is 0 Å². The number of H-pyrrole nitrogens is 1. The van der Waals surface area contributed by atoms with Crippen LogP contribution in [-0.2, 0) is 35.5 Å². The zero-order valence-electron chi connectivity index (χ0n) is 32.9. The van der Waals surface area contributed by atoms with Crippen LogP contribution in [0.25, 0.3) is 0 Å². The molecule has 0 amide bonds. The van der Waals surface area contributed by atoms with Gasteiger partial charge in [-0.1, -0.05) is 65.7 Å². The van der Waals surface area contributed by atoms with Crippen molar-refractivity contribution in [1.82, 2.24) is 9.21 Å². The van der Waals surface area contributed by atoms with Gasteiger partial charge in [0, 0.05) is 36.5 Å². The third-order valence-corrected chi connectivity index (χ3v) is 15.3. The van der Waals surface area contributed by atoms with Gasteiger partial charge < -0.3 is 24.3 Å². The number of benzene rings is 3. The molecule has 0 spiro atoms. The van der Waals surface area contributed by atoms with Crippen LogP contribution in [0.1, 0.15) is 54.5 Å². The van der Waals surface area contributed by atoms with Crippen LogP contribution < -0.4 is 19.8 Å². The smallest absolute Gasteiger partial charge is 0.387 e. The number of hydrogen-bond donors (Lipinski definition) is 1. The summed E-state index contributed by atoms with van der Waals surface area (Å²) < 4.78 is 79.6. The van der Waals surface area contributed by atoms with Crippen molar-refractivity contribution in [2.75, 3.05) is 43.9 Å². The van der Waals surface area contributed by atoms with Gasteiger partial charge in [-0.15, -0.1) is 11.8 Å². The third-order valence-electron chi connectivity index (χ3n) is 11.4. The van der Waals surface area contributed by atoms with Gasteiger partial charge in [0.05, 0.1) is 11.5 Å². The summed E-state index contributed by atoms with van der Waals surface area (Å²) >= 11 is 14.2. The first-order valence-electron chi connectivity index (χ1n) is 20.2. The van der Waals surface area contributed by atoms with Crippen LogP contribution in [0.4, 0.5) is 14.5 Å². The highest BCUT2D eigenvalue weighted by Gasteiger charge is 2.43. The molecular formula is C43H45Cl2F2N4O8S2+.